The first kappa shape index (κ1) is 22.8. The number of imidazole rings is 1. The van der Waals surface area contributed by atoms with Crippen LogP contribution < -0.4 is 4.72 Å². The maximum atomic E-state index is 13.1. The van der Waals surface area contributed by atoms with Crippen LogP contribution in [0.1, 0.15) is 5.56 Å². The van der Waals surface area contributed by atoms with E-state index in [2.05, 4.69) is 19.8 Å². The predicted octanol–water partition coefficient (Wildman–Crippen LogP) is 5.24. The monoisotopic (exact) mass is 509 g/mol. The predicted molar refractivity (Wildman–Crippen MR) is 129 cm³/mol. The lowest BCUT2D eigenvalue weighted by Gasteiger charge is -2.09. The second-order valence-corrected chi connectivity index (χ2v) is 9.74. The van der Waals surface area contributed by atoms with Gasteiger partial charge in [0.25, 0.3) is 15.9 Å². The first-order valence-electron chi connectivity index (χ1n) is 10.3. The summed E-state index contributed by atoms with van der Waals surface area (Å²) in [5, 5.41) is 4.27. The Morgan fingerprint density at radius 3 is 2.54 bits per heavy atom. The van der Waals surface area contributed by atoms with E-state index in [0.29, 0.717) is 34.3 Å². The van der Waals surface area contributed by atoms with Crippen molar-refractivity contribution in [2.45, 2.75) is 11.4 Å². The maximum absolute atomic E-state index is 13.1. The zero-order valence-electron chi connectivity index (χ0n) is 18.0. The summed E-state index contributed by atoms with van der Waals surface area (Å²) in [7, 11) is -3.75. The molecule has 0 atom stereocenters. The summed E-state index contributed by atoms with van der Waals surface area (Å²) < 4.78 is 47.9. The minimum Gasteiger partial charge on any atom is -0.332 e. The zero-order valence-corrected chi connectivity index (χ0v) is 19.5. The van der Waals surface area contributed by atoms with E-state index in [-0.39, 0.29) is 16.6 Å². The van der Waals surface area contributed by atoms with E-state index in [1.165, 1.54) is 24.3 Å². The van der Waals surface area contributed by atoms with Crippen molar-refractivity contribution in [3.05, 3.63) is 102 Å². The molecular weight excluding hydrogens is 493 g/mol. The average molecular weight is 510 g/mol. The molecule has 0 amide bonds. The summed E-state index contributed by atoms with van der Waals surface area (Å²) in [4.78, 5) is 8.73. The zero-order chi connectivity index (χ0) is 24.4. The van der Waals surface area contributed by atoms with Crippen molar-refractivity contribution >= 4 is 27.3 Å². The van der Waals surface area contributed by atoms with Crippen LogP contribution in [-0.2, 0) is 16.6 Å². The van der Waals surface area contributed by atoms with E-state index >= 15 is 0 Å². The Labute approximate surface area is 205 Å². The SMILES string of the molecule is O=S(=O)(Nc1ccc(Cn2cnc(-c3nc(-c4ccc(F)cc4)no3)c2)cc1)c1cccc(Cl)c1. The van der Waals surface area contributed by atoms with Crippen LogP contribution in [0.3, 0.4) is 0 Å². The second kappa shape index (κ2) is 9.32. The molecular formula is C24H17ClFN5O3S. The van der Waals surface area contributed by atoms with E-state index < -0.39 is 10.0 Å². The Kier molecular flexibility index (Phi) is 6.06. The molecule has 0 aliphatic carbocycles. The van der Waals surface area contributed by atoms with Gasteiger partial charge in [-0.1, -0.05) is 35.0 Å². The van der Waals surface area contributed by atoms with Gasteiger partial charge >= 0.3 is 0 Å². The molecule has 35 heavy (non-hydrogen) atoms. The van der Waals surface area contributed by atoms with Gasteiger partial charge in [-0.3, -0.25) is 4.72 Å². The van der Waals surface area contributed by atoms with Gasteiger partial charge in [0.2, 0.25) is 5.82 Å². The quantitative estimate of drug-likeness (QED) is 0.322. The molecule has 2 aromatic heterocycles. The summed E-state index contributed by atoms with van der Waals surface area (Å²) in [6, 6.07) is 18.8. The molecule has 0 spiro atoms. The highest BCUT2D eigenvalue weighted by Gasteiger charge is 2.15. The van der Waals surface area contributed by atoms with Crippen molar-refractivity contribution < 1.29 is 17.3 Å². The molecule has 5 aromatic rings. The summed E-state index contributed by atoms with van der Waals surface area (Å²) in [6.07, 6.45) is 3.39. The van der Waals surface area contributed by atoms with Crippen molar-refractivity contribution in [2.75, 3.05) is 4.72 Å². The summed E-state index contributed by atoms with van der Waals surface area (Å²) in [6.45, 7) is 0.493. The van der Waals surface area contributed by atoms with Crippen molar-refractivity contribution in [2.24, 2.45) is 0 Å². The normalized spacial score (nSPS) is 11.5. The lowest BCUT2D eigenvalue weighted by molar-refractivity contribution is 0.431. The van der Waals surface area contributed by atoms with Crippen molar-refractivity contribution in [3.63, 3.8) is 0 Å². The first-order valence-corrected chi connectivity index (χ1v) is 12.2. The standard InChI is InChI=1S/C24H17ClFN5O3S/c25-18-2-1-3-21(12-18)35(32,33)30-20-10-4-16(5-11-20)13-31-14-22(27-15-31)24-28-23(29-34-24)17-6-8-19(26)9-7-17/h1-12,14-15,30H,13H2. The number of halogens is 2. The number of sulfonamides is 1. The van der Waals surface area contributed by atoms with E-state index in [4.69, 9.17) is 16.1 Å². The molecule has 0 aliphatic rings. The van der Waals surface area contributed by atoms with E-state index in [0.717, 1.165) is 5.56 Å². The molecule has 0 unspecified atom stereocenters. The largest absolute Gasteiger partial charge is 0.332 e. The average Bonchev–Trinajstić information content (AvgIpc) is 3.51. The maximum Gasteiger partial charge on any atom is 0.278 e. The van der Waals surface area contributed by atoms with Gasteiger partial charge in [-0.2, -0.15) is 4.98 Å². The highest BCUT2D eigenvalue weighted by atomic mass is 35.5. The fourth-order valence-corrected chi connectivity index (χ4v) is 4.70. The summed E-state index contributed by atoms with van der Waals surface area (Å²) >= 11 is 5.90. The molecule has 11 heteroatoms. The molecule has 5 rings (SSSR count). The summed E-state index contributed by atoms with van der Waals surface area (Å²) in [5.74, 6) is 0.238. The number of hydrogen-bond acceptors (Lipinski definition) is 6. The molecule has 0 saturated heterocycles. The van der Waals surface area contributed by atoms with E-state index in [1.54, 1.807) is 48.9 Å². The number of nitrogens with one attached hydrogen (secondary N) is 1. The molecule has 176 valence electrons. The van der Waals surface area contributed by atoms with E-state index in [9.17, 15) is 12.8 Å². The van der Waals surface area contributed by atoms with Gasteiger partial charge in [0.05, 0.1) is 11.2 Å². The second-order valence-electron chi connectivity index (χ2n) is 7.62. The molecule has 0 saturated carbocycles. The molecule has 0 bridgehead atoms. The Hall–Kier alpha value is -4.02. The number of hydrogen-bond donors (Lipinski definition) is 1. The van der Waals surface area contributed by atoms with Crippen molar-refractivity contribution in [1.82, 2.24) is 19.7 Å². The molecule has 8 nitrogen and oxygen atoms in total. The first-order chi connectivity index (χ1) is 16.9. The van der Waals surface area contributed by atoms with Gasteiger partial charge in [0.1, 0.15) is 11.5 Å². The van der Waals surface area contributed by atoms with Gasteiger partial charge < -0.3 is 9.09 Å². The fourth-order valence-electron chi connectivity index (χ4n) is 3.34. The highest BCUT2D eigenvalue weighted by Crippen LogP contribution is 2.22. The van der Waals surface area contributed by atoms with Crippen LogP contribution in [0.25, 0.3) is 23.0 Å². The minimum absolute atomic E-state index is 0.0867. The third kappa shape index (κ3) is 5.23. The Bertz CT molecular complexity index is 1580. The highest BCUT2D eigenvalue weighted by molar-refractivity contribution is 7.92. The molecule has 1 N–H and O–H groups in total. The number of aromatic nitrogens is 4. The molecule has 3 aromatic carbocycles. The Morgan fingerprint density at radius 1 is 1.03 bits per heavy atom. The van der Waals surface area contributed by atoms with Crippen LogP contribution in [0.15, 0.2) is 94.7 Å². The van der Waals surface area contributed by atoms with Gasteiger partial charge in [-0.05, 0) is 60.2 Å². The van der Waals surface area contributed by atoms with Crippen LogP contribution >= 0.6 is 11.6 Å². The fraction of sp³-hybridized carbons (Fsp3) is 0.0417. The van der Waals surface area contributed by atoms with Crippen molar-refractivity contribution in [3.8, 4) is 23.0 Å². The lowest BCUT2D eigenvalue weighted by atomic mass is 10.2. The minimum atomic E-state index is -3.75. The number of benzene rings is 3. The van der Waals surface area contributed by atoms with Crippen molar-refractivity contribution in [1.29, 1.82) is 0 Å². The molecule has 2 heterocycles. The number of anilines is 1. The molecule has 0 radical (unpaired) electrons. The third-order valence-electron chi connectivity index (χ3n) is 5.06. The van der Waals surface area contributed by atoms with Gasteiger partial charge in [-0.15, -0.1) is 0 Å². The van der Waals surface area contributed by atoms with Crippen LogP contribution in [0, 0.1) is 5.82 Å². The third-order valence-corrected chi connectivity index (χ3v) is 6.67. The Morgan fingerprint density at radius 2 is 1.80 bits per heavy atom. The van der Waals surface area contributed by atoms with Gasteiger partial charge in [-0.25, -0.2) is 17.8 Å². The molecule has 0 fully saturated rings. The van der Waals surface area contributed by atoms with E-state index in [1.807, 2.05) is 16.7 Å². The lowest BCUT2D eigenvalue weighted by Crippen LogP contribution is -2.12. The molecule has 0 aliphatic heterocycles. The smallest absolute Gasteiger partial charge is 0.278 e. The van der Waals surface area contributed by atoms with Crippen LogP contribution in [-0.4, -0.2) is 28.1 Å². The summed E-state index contributed by atoms with van der Waals surface area (Å²) in [5.41, 5.74) is 2.49. The van der Waals surface area contributed by atoms with Gasteiger partial charge in [0, 0.05) is 29.0 Å². The topological polar surface area (TPSA) is 103 Å². The van der Waals surface area contributed by atoms with Gasteiger partial charge in [0.15, 0.2) is 0 Å². The van der Waals surface area contributed by atoms with Crippen LogP contribution in [0.4, 0.5) is 10.1 Å². The Balaban J connectivity index is 1.26. The number of nitrogens with zero attached hydrogens (tertiary/aromatic N) is 4. The number of rotatable bonds is 7. The van der Waals surface area contributed by atoms with Crippen LogP contribution in [0.5, 0.6) is 0 Å². The van der Waals surface area contributed by atoms with Crippen LogP contribution in [0.2, 0.25) is 5.02 Å².